The second kappa shape index (κ2) is 7.76. The summed E-state index contributed by atoms with van der Waals surface area (Å²) in [5.74, 6) is 0.567. The molecule has 27 heavy (non-hydrogen) atoms. The molecule has 1 amide bonds. The summed E-state index contributed by atoms with van der Waals surface area (Å²) in [7, 11) is 3.31. The van der Waals surface area contributed by atoms with Crippen LogP contribution in [0.15, 0.2) is 18.2 Å². The Kier molecular flexibility index (Phi) is 5.60. The van der Waals surface area contributed by atoms with Crippen molar-refractivity contribution in [1.29, 1.82) is 0 Å². The van der Waals surface area contributed by atoms with Gasteiger partial charge in [0.2, 0.25) is 5.91 Å². The van der Waals surface area contributed by atoms with Crippen LogP contribution in [0.3, 0.4) is 0 Å². The monoisotopic (exact) mass is 376 g/mol. The fraction of sp³-hybridized carbons (Fsp3) is 0.600. The van der Waals surface area contributed by atoms with E-state index in [2.05, 4.69) is 4.90 Å². The molecule has 0 aromatic heterocycles. The van der Waals surface area contributed by atoms with E-state index in [9.17, 15) is 14.7 Å². The number of benzene rings is 1. The molecular weight excluding hydrogens is 348 g/mol. The largest absolute Gasteiger partial charge is 0.496 e. The van der Waals surface area contributed by atoms with E-state index in [1.54, 1.807) is 14.2 Å². The summed E-state index contributed by atoms with van der Waals surface area (Å²) in [6, 6.07) is 5.08. The Balaban J connectivity index is 1.68. The Hall–Kier alpha value is -2.28. The van der Waals surface area contributed by atoms with Gasteiger partial charge in [-0.25, -0.2) is 4.79 Å². The molecular formula is C20H28N2O5. The van der Waals surface area contributed by atoms with Crippen LogP contribution in [-0.2, 0) is 16.1 Å². The fourth-order valence-electron chi connectivity index (χ4n) is 4.46. The number of carboxylic acids is 1. The summed E-state index contributed by atoms with van der Waals surface area (Å²) >= 11 is 0. The number of likely N-dealkylation sites (tertiary alicyclic amines) is 2. The lowest BCUT2D eigenvalue weighted by molar-refractivity contribution is -0.147. The molecule has 1 spiro atoms. The molecule has 1 unspecified atom stereocenters. The number of carbonyl (C=O) groups is 2. The Morgan fingerprint density at radius 3 is 2.22 bits per heavy atom. The zero-order chi connectivity index (χ0) is 19.6. The van der Waals surface area contributed by atoms with Crippen molar-refractivity contribution in [2.45, 2.75) is 38.8 Å². The van der Waals surface area contributed by atoms with Crippen LogP contribution in [0.1, 0.15) is 31.7 Å². The fourth-order valence-corrected chi connectivity index (χ4v) is 4.46. The van der Waals surface area contributed by atoms with Crippen molar-refractivity contribution >= 4 is 11.9 Å². The van der Waals surface area contributed by atoms with E-state index in [0.717, 1.165) is 49.5 Å². The highest BCUT2D eigenvalue weighted by Crippen LogP contribution is 2.44. The predicted molar refractivity (Wildman–Crippen MR) is 99.9 cm³/mol. The number of ether oxygens (including phenoxy) is 2. The van der Waals surface area contributed by atoms with Gasteiger partial charge in [0.1, 0.15) is 17.5 Å². The minimum atomic E-state index is -0.900. The predicted octanol–water partition coefficient (Wildman–Crippen LogP) is 1.99. The van der Waals surface area contributed by atoms with Gasteiger partial charge < -0.3 is 19.5 Å². The molecule has 1 aromatic rings. The van der Waals surface area contributed by atoms with E-state index in [1.165, 1.54) is 11.8 Å². The number of rotatable bonds is 5. The van der Waals surface area contributed by atoms with Gasteiger partial charge in [0, 0.05) is 20.0 Å². The highest BCUT2D eigenvalue weighted by Gasteiger charge is 2.49. The highest BCUT2D eigenvalue weighted by atomic mass is 16.5. The number of piperidine rings is 1. The average molecular weight is 376 g/mol. The van der Waals surface area contributed by atoms with E-state index in [-0.39, 0.29) is 11.3 Å². The third kappa shape index (κ3) is 3.88. The van der Waals surface area contributed by atoms with Crippen molar-refractivity contribution in [2.75, 3.05) is 33.9 Å². The van der Waals surface area contributed by atoms with Crippen molar-refractivity contribution in [3.05, 3.63) is 23.8 Å². The van der Waals surface area contributed by atoms with E-state index in [0.29, 0.717) is 13.0 Å². The number of carbonyl (C=O) groups excluding carboxylic acids is 1. The first-order valence-corrected chi connectivity index (χ1v) is 9.31. The number of hydrogen-bond acceptors (Lipinski definition) is 5. The number of amides is 1. The van der Waals surface area contributed by atoms with Crippen LogP contribution in [0.4, 0.5) is 0 Å². The van der Waals surface area contributed by atoms with Crippen LogP contribution in [0, 0.1) is 5.41 Å². The first-order valence-electron chi connectivity index (χ1n) is 9.31. The Morgan fingerprint density at radius 1 is 1.19 bits per heavy atom. The third-order valence-corrected chi connectivity index (χ3v) is 6.03. The number of hydrogen-bond donors (Lipinski definition) is 1. The molecule has 3 rings (SSSR count). The van der Waals surface area contributed by atoms with Crippen LogP contribution >= 0.6 is 0 Å². The summed E-state index contributed by atoms with van der Waals surface area (Å²) in [6.07, 6.45) is 2.32. The SMILES string of the molecule is COc1cccc(OC)c1CN1CCC2(CC1)CC(C(=O)O)N(C(C)=O)C2. The number of carboxylic acid groups (broad SMARTS) is 1. The topological polar surface area (TPSA) is 79.3 Å². The molecule has 2 aliphatic rings. The van der Waals surface area contributed by atoms with Crippen molar-refractivity contribution in [3.8, 4) is 11.5 Å². The van der Waals surface area contributed by atoms with Gasteiger partial charge in [0.25, 0.3) is 0 Å². The first kappa shape index (κ1) is 19.5. The smallest absolute Gasteiger partial charge is 0.326 e. The van der Waals surface area contributed by atoms with Gasteiger partial charge >= 0.3 is 5.97 Å². The minimum Gasteiger partial charge on any atom is -0.496 e. The van der Waals surface area contributed by atoms with Crippen molar-refractivity contribution in [2.24, 2.45) is 5.41 Å². The molecule has 2 heterocycles. The molecule has 7 heteroatoms. The number of nitrogens with zero attached hydrogens (tertiary/aromatic N) is 2. The Labute approximate surface area is 159 Å². The molecule has 0 bridgehead atoms. The molecule has 1 aromatic carbocycles. The average Bonchev–Trinajstić information content (AvgIpc) is 3.04. The molecule has 7 nitrogen and oxygen atoms in total. The summed E-state index contributed by atoms with van der Waals surface area (Å²) in [4.78, 5) is 27.3. The zero-order valence-corrected chi connectivity index (χ0v) is 16.2. The third-order valence-electron chi connectivity index (χ3n) is 6.03. The quantitative estimate of drug-likeness (QED) is 0.847. The molecule has 1 N–H and O–H groups in total. The van der Waals surface area contributed by atoms with Gasteiger partial charge in [-0.05, 0) is 49.9 Å². The van der Waals surface area contributed by atoms with Gasteiger partial charge in [-0.15, -0.1) is 0 Å². The molecule has 148 valence electrons. The van der Waals surface area contributed by atoms with E-state index in [1.807, 2.05) is 18.2 Å². The van der Waals surface area contributed by atoms with Crippen molar-refractivity contribution in [1.82, 2.24) is 9.80 Å². The van der Waals surface area contributed by atoms with Crippen LogP contribution in [0.5, 0.6) is 11.5 Å². The lowest BCUT2D eigenvalue weighted by atomic mass is 9.76. The van der Waals surface area contributed by atoms with Gasteiger partial charge in [-0.3, -0.25) is 9.69 Å². The maximum absolute atomic E-state index is 11.9. The van der Waals surface area contributed by atoms with Gasteiger partial charge in [0.05, 0.1) is 19.8 Å². The molecule has 0 aliphatic carbocycles. The molecule has 1 atom stereocenters. The normalized spacial score (nSPS) is 22.0. The Bertz CT molecular complexity index is 666. The summed E-state index contributed by atoms with van der Waals surface area (Å²) in [6.45, 7) is 4.45. The summed E-state index contributed by atoms with van der Waals surface area (Å²) in [5.41, 5.74) is 0.939. The second-order valence-electron chi connectivity index (χ2n) is 7.62. The van der Waals surface area contributed by atoms with Crippen LogP contribution in [0.2, 0.25) is 0 Å². The lowest BCUT2D eigenvalue weighted by Crippen LogP contribution is -2.42. The van der Waals surface area contributed by atoms with Gasteiger partial charge in [-0.2, -0.15) is 0 Å². The van der Waals surface area contributed by atoms with Crippen LogP contribution in [-0.4, -0.2) is 66.7 Å². The van der Waals surface area contributed by atoms with Crippen molar-refractivity contribution in [3.63, 3.8) is 0 Å². The highest BCUT2D eigenvalue weighted by molar-refractivity contribution is 5.83. The second-order valence-corrected chi connectivity index (χ2v) is 7.62. The van der Waals surface area contributed by atoms with Crippen LogP contribution < -0.4 is 9.47 Å². The maximum atomic E-state index is 11.9. The van der Waals surface area contributed by atoms with E-state index in [4.69, 9.17) is 9.47 Å². The van der Waals surface area contributed by atoms with Crippen molar-refractivity contribution < 1.29 is 24.2 Å². The minimum absolute atomic E-state index is 0.0872. The van der Waals surface area contributed by atoms with Crippen LogP contribution in [0.25, 0.3) is 0 Å². The molecule has 2 fully saturated rings. The number of aliphatic carboxylic acids is 1. The maximum Gasteiger partial charge on any atom is 0.326 e. The van der Waals surface area contributed by atoms with Gasteiger partial charge in [0.15, 0.2) is 0 Å². The number of methoxy groups -OCH3 is 2. The summed E-state index contributed by atoms with van der Waals surface area (Å²) < 4.78 is 11.0. The summed E-state index contributed by atoms with van der Waals surface area (Å²) in [5, 5.41) is 9.48. The first-order chi connectivity index (χ1) is 12.9. The van der Waals surface area contributed by atoms with E-state index < -0.39 is 12.0 Å². The van der Waals surface area contributed by atoms with E-state index >= 15 is 0 Å². The lowest BCUT2D eigenvalue weighted by Gasteiger charge is -2.39. The standard InChI is InChI=1S/C20H28N2O5/c1-14(23)22-13-20(11-16(22)19(24)25)7-9-21(10-8-20)12-15-17(26-2)5-4-6-18(15)27-3/h4-6,16H,7-13H2,1-3H3,(H,24,25). The zero-order valence-electron chi connectivity index (χ0n) is 16.2. The molecule has 0 saturated carbocycles. The Morgan fingerprint density at radius 2 is 1.78 bits per heavy atom. The van der Waals surface area contributed by atoms with Gasteiger partial charge in [-0.1, -0.05) is 6.07 Å². The molecule has 2 saturated heterocycles. The molecule has 0 radical (unpaired) electrons. The molecule has 2 aliphatic heterocycles.